The summed E-state index contributed by atoms with van der Waals surface area (Å²) in [5.41, 5.74) is 0.892. The van der Waals surface area contributed by atoms with E-state index in [1.54, 1.807) is 20.2 Å². The summed E-state index contributed by atoms with van der Waals surface area (Å²) in [6.45, 7) is 0.889. The molecule has 0 heterocycles. The maximum Gasteiger partial charge on any atom is 0.223 e. The molecule has 0 saturated carbocycles. The van der Waals surface area contributed by atoms with Crippen LogP contribution in [-0.4, -0.2) is 33.7 Å². The lowest BCUT2D eigenvalue weighted by molar-refractivity contribution is -0.121. The van der Waals surface area contributed by atoms with Crippen molar-refractivity contribution in [3.8, 4) is 11.5 Å². The monoisotopic (exact) mass is 286 g/mol. The van der Waals surface area contributed by atoms with Gasteiger partial charge in [0.25, 0.3) is 0 Å². The average molecular weight is 287 g/mol. The van der Waals surface area contributed by atoms with Crippen molar-refractivity contribution in [1.29, 1.82) is 0 Å². The Labute approximate surface area is 118 Å². The van der Waals surface area contributed by atoms with E-state index in [2.05, 4.69) is 10.6 Å². The van der Waals surface area contributed by atoms with Crippen LogP contribution in [0.3, 0.4) is 0 Å². The number of methoxy groups -OCH3 is 1. The van der Waals surface area contributed by atoms with Crippen LogP contribution in [0.25, 0.3) is 0 Å². The lowest BCUT2D eigenvalue weighted by Crippen LogP contribution is -2.20. The number of amides is 1. The average Bonchev–Trinajstić information content (AvgIpc) is 2.40. The highest BCUT2D eigenvalue weighted by atomic mass is 35.5. The molecule has 1 aromatic carbocycles. The zero-order valence-corrected chi connectivity index (χ0v) is 12.1. The van der Waals surface area contributed by atoms with Crippen LogP contribution in [0.15, 0.2) is 12.1 Å². The van der Waals surface area contributed by atoms with Gasteiger partial charge >= 0.3 is 0 Å². The molecule has 1 rings (SSSR count). The molecule has 0 aliphatic carbocycles. The molecule has 0 fully saturated rings. The minimum atomic E-state index is -0.0666. The quantitative estimate of drug-likeness (QED) is 0.799. The molecule has 19 heavy (non-hydrogen) atoms. The molecule has 106 valence electrons. The second-order valence-electron chi connectivity index (χ2n) is 3.90. The van der Waals surface area contributed by atoms with Gasteiger partial charge in [0.2, 0.25) is 5.91 Å². The molecule has 0 aliphatic rings. The molecule has 0 aromatic heterocycles. The van der Waals surface area contributed by atoms with Crippen molar-refractivity contribution in [1.82, 2.24) is 10.6 Å². The predicted octanol–water partition coefficient (Wildman–Crippen LogP) is 1.58. The standard InChI is InChI=1S/C13H19ClN2O3/c1-15-8-9-6-10(14)7-11(18-3)13(9)19-5-4-12(17)16-2/h6-7,15H,4-5,8H2,1-3H3,(H,16,17). The molecule has 0 aliphatic heterocycles. The van der Waals surface area contributed by atoms with Crippen molar-refractivity contribution >= 4 is 17.5 Å². The lowest BCUT2D eigenvalue weighted by atomic mass is 10.2. The normalized spacial score (nSPS) is 10.1. The summed E-state index contributed by atoms with van der Waals surface area (Å²) >= 11 is 6.02. The van der Waals surface area contributed by atoms with Gasteiger partial charge in [0.15, 0.2) is 11.5 Å². The van der Waals surface area contributed by atoms with Crippen LogP contribution < -0.4 is 20.1 Å². The molecule has 1 aromatic rings. The Balaban J connectivity index is 2.86. The van der Waals surface area contributed by atoms with Crippen LogP contribution in [-0.2, 0) is 11.3 Å². The van der Waals surface area contributed by atoms with Crippen molar-refractivity contribution in [2.24, 2.45) is 0 Å². The first kappa shape index (κ1) is 15.6. The Hall–Kier alpha value is -1.46. The van der Waals surface area contributed by atoms with E-state index in [0.29, 0.717) is 29.5 Å². The third-order valence-electron chi connectivity index (χ3n) is 2.54. The first-order valence-electron chi connectivity index (χ1n) is 5.96. The van der Waals surface area contributed by atoms with E-state index in [0.717, 1.165) is 5.56 Å². The van der Waals surface area contributed by atoms with E-state index in [9.17, 15) is 4.79 Å². The predicted molar refractivity (Wildman–Crippen MR) is 74.9 cm³/mol. The van der Waals surface area contributed by atoms with Crippen LogP contribution in [0, 0.1) is 0 Å². The molecule has 0 radical (unpaired) electrons. The summed E-state index contributed by atoms with van der Waals surface area (Å²) in [5, 5.41) is 6.17. The second kappa shape index (κ2) is 7.86. The zero-order chi connectivity index (χ0) is 14.3. The van der Waals surface area contributed by atoms with Gasteiger partial charge in [-0.3, -0.25) is 4.79 Å². The highest BCUT2D eigenvalue weighted by Gasteiger charge is 2.13. The van der Waals surface area contributed by atoms with Gasteiger partial charge in [-0.2, -0.15) is 0 Å². The Bertz CT molecular complexity index is 438. The molecule has 6 heteroatoms. The van der Waals surface area contributed by atoms with E-state index in [4.69, 9.17) is 21.1 Å². The number of carbonyl (C=O) groups is 1. The summed E-state index contributed by atoms with van der Waals surface area (Å²) < 4.78 is 10.9. The van der Waals surface area contributed by atoms with E-state index >= 15 is 0 Å². The summed E-state index contributed by atoms with van der Waals surface area (Å²) in [5.74, 6) is 1.11. The fourth-order valence-electron chi connectivity index (χ4n) is 1.63. The van der Waals surface area contributed by atoms with Gasteiger partial charge in [0.1, 0.15) is 0 Å². The van der Waals surface area contributed by atoms with Crippen molar-refractivity contribution in [2.75, 3.05) is 27.8 Å². The number of ether oxygens (including phenoxy) is 2. The molecule has 0 saturated heterocycles. The first-order valence-corrected chi connectivity index (χ1v) is 6.34. The van der Waals surface area contributed by atoms with Crippen molar-refractivity contribution in [2.45, 2.75) is 13.0 Å². The zero-order valence-electron chi connectivity index (χ0n) is 11.4. The topological polar surface area (TPSA) is 59.6 Å². The molecule has 0 bridgehead atoms. The number of hydrogen-bond donors (Lipinski definition) is 2. The summed E-state index contributed by atoms with van der Waals surface area (Å²) in [4.78, 5) is 11.2. The van der Waals surface area contributed by atoms with Gasteiger partial charge in [0.05, 0.1) is 20.1 Å². The van der Waals surface area contributed by atoms with Crippen LogP contribution in [0.5, 0.6) is 11.5 Å². The Morgan fingerprint density at radius 1 is 1.37 bits per heavy atom. The van der Waals surface area contributed by atoms with Gasteiger partial charge in [-0.1, -0.05) is 11.6 Å². The lowest BCUT2D eigenvalue weighted by Gasteiger charge is -2.15. The molecule has 5 nitrogen and oxygen atoms in total. The number of halogens is 1. The van der Waals surface area contributed by atoms with E-state index in [-0.39, 0.29) is 12.5 Å². The van der Waals surface area contributed by atoms with E-state index < -0.39 is 0 Å². The Kier molecular flexibility index (Phi) is 6.45. The maximum atomic E-state index is 11.2. The molecule has 2 N–H and O–H groups in total. The SMILES string of the molecule is CNCc1cc(Cl)cc(OC)c1OCCC(=O)NC. The number of rotatable bonds is 7. The smallest absolute Gasteiger partial charge is 0.223 e. The van der Waals surface area contributed by atoms with Crippen LogP contribution in [0.4, 0.5) is 0 Å². The minimum absolute atomic E-state index is 0.0666. The van der Waals surface area contributed by atoms with Crippen molar-refractivity contribution in [3.63, 3.8) is 0 Å². The third-order valence-corrected chi connectivity index (χ3v) is 2.76. The van der Waals surface area contributed by atoms with Crippen molar-refractivity contribution < 1.29 is 14.3 Å². The summed E-state index contributed by atoms with van der Waals surface area (Å²) in [6.07, 6.45) is 0.293. The highest BCUT2D eigenvalue weighted by Crippen LogP contribution is 2.34. The largest absolute Gasteiger partial charge is 0.493 e. The van der Waals surface area contributed by atoms with Gasteiger partial charge in [-0.25, -0.2) is 0 Å². The van der Waals surface area contributed by atoms with Gasteiger partial charge < -0.3 is 20.1 Å². The molecular formula is C13H19ClN2O3. The van der Waals surface area contributed by atoms with Crippen molar-refractivity contribution in [3.05, 3.63) is 22.7 Å². The molecule has 0 unspecified atom stereocenters. The molecule has 1 amide bonds. The van der Waals surface area contributed by atoms with Crippen LogP contribution >= 0.6 is 11.6 Å². The second-order valence-corrected chi connectivity index (χ2v) is 4.33. The summed E-state index contributed by atoms with van der Waals surface area (Å²) in [6, 6.07) is 3.51. The Morgan fingerprint density at radius 3 is 2.68 bits per heavy atom. The van der Waals surface area contributed by atoms with Gasteiger partial charge in [-0.15, -0.1) is 0 Å². The molecule has 0 atom stereocenters. The fraction of sp³-hybridized carbons (Fsp3) is 0.462. The maximum absolute atomic E-state index is 11.2. The minimum Gasteiger partial charge on any atom is -0.493 e. The first-order chi connectivity index (χ1) is 9.12. The van der Waals surface area contributed by atoms with E-state index in [1.165, 1.54) is 0 Å². The van der Waals surface area contributed by atoms with Crippen LogP contribution in [0.1, 0.15) is 12.0 Å². The number of hydrogen-bond acceptors (Lipinski definition) is 4. The number of nitrogens with one attached hydrogen (secondary N) is 2. The third kappa shape index (κ3) is 4.61. The summed E-state index contributed by atoms with van der Waals surface area (Å²) in [7, 11) is 4.99. The molecular weight excluding hydrogens is 268 g/mol. The van der Waals surface area contributed by atoms with Crippen LogP contribution in [0.2, 0.25) is 5.02 Å². The Morgan fingerprint density at radius 2 is 2.11 bits per heavy atom. The molecule has 0 spiro atoms. The fourth-order valence-corrected chi connectivity index (χ4v) is 1.86. The van der Waals surface area contributed by atoms with E-state index in [1.807, 2.05) is 13.1 Å². The van der Waals surface area contributed by atoms with Gasteiger partial charge in [-0.05, 0) is 13.1 Å². The number of benzene rings is 1. The number of carbonyl (C=O) groups excluding carboxylic acids is 1. The van der Waals surface area contributed by atoms with Gasteiger partial charge in [0, 0.05) is 30.2 Å². The highest BCUT2D eigenvalue weighted by molar-refractivity contribution is 6.30.